The van der Waals surface area contributed by atoms with Crippen LogP contribution >= 0.6 is 11.8 Å². The molecular formula is C31H23N3O5S. The zero-order valence-electron chi connectivity index (χ0n) is 21.2. The number of nitrogens with one attached hydrogen (secondary N) is 1. The highest BCUT2D eigenvalue weighted by atomic mass is 32.2. The number of aromatic nitrogens is 1. The molecule has 1 aromatic heterocycles. The first-order chi connectivity index (χ1) is 19.5. The minimum Gasteiger partial charge on any atom is -0.484 e. The van der Waals surface area contributed by atoms with Crippen molar-refractivity contribution in [3.05, 3.63) is 103 Å². The molecule has 0 radical (unpaired) electrons. The van der Waals surface area contributed by atoms with Crippen LogP contribution in [0.15, 0.2) is 112 Å². The van der Waals surface area contributed by atoms with Gasteiger partial charge in [0.15, 0.2) is 12.2 Å². The Morgan fingerprint density at radius 3 is 2.40 bits per heavy atom. The van der Waals surface area contributed by atoms with Gasteiger partial charge < -0.3 is 14.5 Å². The number of benzene rings is 4. The standard InChI is InChI=1S/C31H23N3O5S/c35-28(19-38-23-6-2-1-3-7-23)32-21-12-16-24(17-13-21)40-27-18-29(36)34(31(27)37)22-14-10-20(11-15-22)30-33-25-8-4-5-9-26(25)39-30/h1-17,27H,18-19H2,(H,32,35). The van der Waals surface area contributed by atoms with Gasteiger partial charge in [-0.1, -0.05) is 30.3 Å². The molecule has 40 heavy (non-hydrogen) atoms. The molecule has 0 spiro atoms. The lowest BCUT2D eigenvalue weighted by atomic mass is 10.2. The molecule has 0 saturated carbocycles. The molecule has 3 amide bonds. The van der Waals surface area contributed by atoms with Crippen molar-refractivity contribution in [2.75, 3.05) is 16.8 Å². The third kappa shape index (κ3) is 5.45. The predicted octanol–water partition coefficient (Wildman–Crippen LogP) is 5.94. The van der Waals surface area contributed by atoms with Crippen LogP contribution in [0, 0.1) is 0 Å². The maximum absolute atomic E-state index is 13.2. The summed E-state index contributed by atoms with van der Waals surface area (Å²) < 4.78 is 11.3. The van der Waals surface area contributed by atoms with Gasteiger partial charge in [-0.25, -0.2) is 9.88 Å². The Hall–Kier alpha value is -4.89. The van der Waals surface area contributed by atoms with Gasteiger partial charge in [0.05, 0.1) is 10.9 Å². The van der Waals surface area contributed by atoms with Crippen molar-refractivity contribution in [1.82, 2.24) is 4.98 Å². The summed E-state index contributed by atoms with van der Waals surface area (Å²) in [7, 11) is 0. The fourth-order valence-electron chi connectivity index (χ4n) is 4.36. The molecule has 1 unspecified atom stereocenters. The zero-order valence-corrected chi connectivity index (χ0v) is 22.0. The van der Waals surface area contributed by atoms with E-state index in [2.05, 4.69) is 10.3 Å². The average molecular weight is 550 g/mol. The number of ether oxygens (including phenoxy) is 1. The second-order valence-corrected chi connectivity index (χ2v) is 10.4. The van der Waals surface area contributed by atoms with E-state index in [-0.39, 0.29) is 30.7 Å². The van der Waals surface area contributed by atoms with E-state index in [1.54, 1.807) is 48.5 Å². The SMILES string of the molecule is O=C(COc1ccccc1)Nc1ccc(SC2CC(=O)N(c3ccc(-c4nc5ccccc5o4)cc3)C2=O)cc1. The van der Waals surface area contributed by atoms with Crippen molar-refractivity contribution >= 4 is 52.0 Å². The first-order valence-electron chi connectivity index (χ1n) is 12.6. The summed E-state index contributed by atoms with van der Waals surface area (Å²) in [6.07, 6.45) is 0.103. The van der Waals surface area contributed by atoms with E-state index in [0.29, 0.717) is 28.6 Å². The Morgan fingerprint density at radius 1 is 0.925 bits per heavy atom. The second-order valence-electron chi connectivity index (χ2n) is 9.09. The minimum absolute atomic E-state index is 0.103. The lowest BCUT2D eigenvalue weighted by Gasteiger charge is -2.15. The van der Waals surface area contributed by atoms with E-state index in [1.165, 1.54) is 16.7 Å². The molecule has 1 aliphatic rings. The first kappa shape index (κ1) is 25.4. The number of thioether (sulfide) groups is 1. The van der Waals surface area contributed by atoms with E-state index < -0.39 is 5.25 Å². The second kappa shape index (κ2) is 11.1. The van der Waals surface area contributed by atoms with E-state index in [0.717, 1.165) is 16.0 Å². The third-order valence-electron chi connectivity index (χ3n) is 6.30. The third-order valence-corrected chi connectivity index (χ3v) is 7.50. The van der Waals surface area contributed by atoms with Gasteiger partial charge in [0.1, 0.15) is 11.3 Å². The van der Waals surface area contributed by atoms with Crippen LogP contribution in [0.1, 0.15) is 6.42 Å². The molecule has 0 bridgehead atoms. The van der Waals surface area contributed by atoms with Crippen molar-refractivity contribution in [2.45, 2.75) is 16.6 Å². The number of anilines is 2. The molecule has 6 rings (SSSR count). The Bertz CT molecular complexity index is 1650. The van der Waals surface area contributed by atoms with Crippen molar-refractivity contribution in [3.63, 3.8) is 0 Å². The lowest BCUT2D eigenvalue weighted by Crippen LogP contribution is -2.31. The number of oxazole rings is 1. The van der Waals surface area contributed by atoms with Crippen molar-refractivity contribution in [2.24, 2.45) is 0 Å². The number of para-hydroxylation sites is 3. The number of hydrogen-bond acceptors (Lipinski definition) is 7. The van der Waals surface area contributed by atoms with E-state index >= 15 is 0 Å². The molecule has 1 saturated heterocycles. The first-order valence-corrected chi connectivity index (χ1v) is 13.5. The summed E-state index contributed by atoms with van der Waals surface area (Å²) in [5, 5.41) is 2.25. The number of carbonyl (C=O) groups is 3. The number of fused-ring (bicyclic) bond motifs is 1. The van der Waals surface area contributed by atoms with Crippen LogP contribution in [-0.2, 0) is 14.4 Å². The molecule has 5 aromatic rings. The molecular weight excluding hydrogens is 526 g/mol. The smallest absolute Gasteiger partial charge is 0.262 e. The maximum Gasteiger partial charge on any atom is 0.262 e. The van der Waals surface area contributed by atoms with E-state index in [1.807, 2.05) is 54.6 Å². The number of amides is 3. The highest BCUT2D eigenvalue weighted by Crippen LogP contribution is 2.35. The Morgan fingerprint density at radius 2 is 1.65 bits per heavy atom. The van der Waals surface area contributed by atoms with Crippen LogP contribution in [0.2, 0.25) is 0 Å². The topological polar surface area (TPSA) is 102 Å². The van der Waals surface area contributed by atoms with Crippen LogP contribution in [-0.4, -0.2) is 34.6 Å². The number of nitrogens with zero attached hydrogens (tertiary/aromatic N) is 2. The summed E-state index contributed by atoms with van der Waals surface area (Å²) in [4.78, 5) is 44.7. The summed E-state index contributed by atoms with van der Waals surface area (Å²) in [5.41, 5.74) is 3.33. The average Bonchev–Trinajstić information content (AvgIpc) is 3.54. The van der Waals surface area contributed by atoms with Gasteiger partial charge in [-0.3, -0.25) is 14.4 Å². The summed E-state index contributed by atoms with van der Waals surface area (Å²) in [6.45, 7) is -0.106. The molecule has 9 heteroatoms. The van der Waals surface area contributed by atoms with Crippen molar-refractivity contribution in [3.8, 4) is 17.2 Å². The van der Waals surface area contributed by atoms with Gasteiger partial charge in [0.2, 0.25) is 17.7 Å². The van der Waals surface area contributed by atoms with E-state index in [9.17, 15) is 14.4 Å². The molecule has 198 valence electrons. The van der Waals surface area contributed by atoms with Crippen molar-refractivity contribution in [1.29, 1.82) is 0 Å². The Kier molecular flexibility index (Phi) is 7.03. The van der Waals surface area contributed by atoms with Gasteiger partial charge in [0, 0.05) is 22.6 Å². The lowest BCUT2D eigenvalue weighted by molar-refractivity contribution is -0.121. The van der Waals surface area contributed by atoms with Crippen LogP contribution in [0.4, 0.5) is 11.4 Å². The molecule has 1 N–H and O–H groups in total. The molecule has 0 aliphatic carbocycles. The number of imide groups is 1. The highest BCUT2D eigenvalue weighted by molar-refractivity contribution is 8.00. The molecule has 8 nitrogen and oxygen atoms in total. The fourth-order valence-corrected chi connectivity index (χ4v) is 5.41. The van der Waals surface area contributed by atoms with Crippen LogP contribution in [0.5, 0.6) is 5.75 Å². The minimum atomic E-state index is -0.538. The van der Waals surface area contributed by atoms with Crippen LogP contribution < -0.4 is 15.0 Å². The van der Waals surface area contributed by atoms with Gasteiger partial charge in [0.25, 0.3) is 5.91 Å². The predicted molar refractivity (Wildman–Crippen MR) is 153 cm³/mol. The normalized spacial score (nSPS) is 15.0. The van der Waals surface area contributed by atoms with Gasteiger partial charge in [-0.2, -0.15) is 0 Å². The summed E-state index contributed by atoms with van der Waals surface area (Å²) >= 11 is 1.32. The number of carbonyl (C=O) groups excluding carboxylic acids is 3. The molecule has 1 aliphatic heterocycles. The van der Waals surface area contributed by atoms with Crippen molar-refractivity contribution < 1.29 is 23.5 Å². The number of hydrogen-bond donors (Lipinski definition) is 1. The van der Waals surface area contributed by atoms with Gasteiger partial charge in [-0.05, 0) is 72.8 Å². The monoisotopic (exact) mass is 549 g/mol. The molecule has 4 aromatic carbocycles. The van der Waals surface area contributed by atoms with E-state index in [4.69, 9.17) is 9.15 Å². The Balaban J connectivity index is 1.06. The van der Waals surface area contributed by atoms with Gasteiger partial charge >= 0.3 is 0 Å². The highest BCUT2D eigenvalue weighted by Gasteiger charge is 2.40. The number of rotatable bonds is 8. The Labute approximate surface area is 234 Å². The maximum atomic E-state index is 13.2. The zero-order chi connectivity index (χ0) is 27.5. The van der Waals surface area contributed by atoms with Gasteiger partial charge in [-0.15, -0.1) is 11.8 Å². The molecule has 1 atom stereocenters. The quantitative estimate of drug-likeness (QED) is 0.239. The summed E-state index contributed by atoms with van der Waals surface area (Å²) in [6, 6.07) is 30.8. The van der Waals surface area contributed by atoms with Crippen LogP contribution in [0.3, 0.4) is 0 Å². The molecule has 2 heterocycles. The fraction of sp³-hybridized carbons (Fsp3) is 0.0968. The summed E-state index contributed by atoms with van der Waals surface area (Å²) in [5.74, 6) is 0.301. The molecule has 1 fully saturated rings. The largest absolute Gasteiger partial charge is 0.484 e. The van der Waals surface area contributed by atoms with Crippen LogP contribution in [0.25, 0.3) is 22.6 Å².